The summed E-state index contributed by atoms with van der Waals surface area (Å²) >= 11 is 0. The molecule has 0 aliphatic rings. The number of fused-ring (bicyclic) bond motifs is 2. The quantitative estimate of drug-likeness (QED) is 0.206. The maximum atomic E-state index is 5.95. The van der Waals surface area contributed by atoms with E-state index in [0.717, 1.165) is 61.6 Å². The van der Waals surface area contributed by atoms with Crippen molar-refractivity contribution in [1.82, 2.24) is 20.3 Å². The summed E-state index contributed by atoms with van der Waals surface area (Å²) in [4.78, 5) is 19.7. The van der Waals surface area contributed by atoms with Crippen LogP contribution in [0, 0.1) is 0 Å². The molecular weight excluding hydrogens is 448 g/mol. The number of hydrogen-bond acceptors (Lipinski definition) is 4. The van der Waals surface area contributed by atoms with Crippen LogP contribution in [0.1, 0.15) is 0 Å². The van der Waals surface area contributed by atoms with E-state index >= 15 is 0 Å². The van der Waals surface area contributed by atoms with Crippen LogP contribution in [0.5, 0.6) is 0 Å². The maximum Gasteiger partial charge on any atom is 0.195 e. The van der Waals surface area contributed by atoms with Gasteiger partial charge in [-0.1, -0.05) is 24.8 Å². The van der Waals surface area contributed by atoms with Crippen molar-refractivity contribution in [2.75, 3.05) is 38.0 Å². The summed E-state index contributed by atoms with van der Waals surface area (Å²) in [6.07, 6.45) is 2.01. The molecule has 0 radical (unpaired) electrons. The fourth-order valence-electron chi connectivity index (χ4n) is 4.31. The molecule has 0 fully saturated rings. The fraction of sp³-hybridized carbons (Fsp3) is 0.143. The van der Waals surface area contributed by atoms with Crippen molar-refractivity contribution in [3.63, 3.8) is 0 Å². The van der Waals surface area contributed by atoms with E-state index in [-0.39, 0.29) is 0 Å². The second-order valence-corrected chi connectivity index (χ2v) is 8.69. The number of aromatic amines is 2. The highest BCUT2D eigenvalue weighted by molar-refractivity contribution is 5.98. The summed E-state index contributed by atoms with van der Waals surface area (Å²) in [6.45, 7) is 4.04. The molecule has 0 atom stereocenters. The molecule has 182 valence electrons. The largest absolute Gasteiger partial charge is 0.375 e. The summed E-state index contributed by atoms with van der Waals surface area (Å²) in [7, 11) is 7.43. The van der Waals surface area contributed by atoms with Crippen LogP contribution in [0.25, 0.3) is 44.5 Å². The van der Waals surface area contributed by atoms with Crippen molar-refractivity contribution in [3.8, 4) is 22.5 Å². The van der Waals surface area contributed by atoms with E-state index in [1.54, 1.807) is 7.05 Å². The topological polar surface area (TPSA) is 101 Å². The molecule has 0 amide bonds. The molecule has 0 bridgehead atoms. The SMILES string of the molecule is C=C(NC)N(C)c1ccc2nc(-c3c[nH]c4ccc(-c5ccc(N(C)C(N)=NC)cc5)cc34)[nH]c2c1. The first kappa shape index (κ1) is 23.0. The number of aliphatic imine (C=N–C) groups is 1. The number of nitrogens with zero attached hydrogens (tertiary/aromatic N) is 4. The van der Waals surface area contributed by atoms with Crippen LogP contribution < -0.4 is 20.9 Å². The smallest absolute Gasteiger partial charge is 0.195 e. The lowest BCUT2D eigenvalue weighted by Crippen LogP contribution is -2.33. The highest BCUT2D eigenvalue weighted by atomic mass is 15.2. The van der Waals surface area contributed by atoms with E-state index in [1.807, 2.05) is 61.4 Å². The van der Waals surface area contributed by atoms with E-state index in [1.165, 1.54) is 0 Å². The molecular formula is C28H30N8. The second kappa shape index (κ2) is 9.14. The predicted molar refractivity (Wildman–Crippen MR) is 151 cm³/mol. The van der Waals surface area contributed by atoms with Crippen LogP contribution in [0.4, 0.5) is 11.4 Å². The maximum absolute atomic E-state index is 5.95. The van der Waals surface area contributed by atoms with Gasteiger partial charge in [0.25, 0.3) is 0 Å². The molecule has 5 N–H and O–H groups in total. The third-order valence-corrected chi connectivity index (χ3v) is 6.64. The number of hydrogen-bond donors (Lipinski definition) is 4. The van der Waals surface area contributed by atoms with Crippen molar-refractivity contribution in [2.45, 2.75) is 0 Å². The lowest BCUT2D eigenvalue weighted by molar-refractivity contribution is 0.910. The first-order valence-corrected chi connectivity index (χ1v) is 11.7. The monoisotopic (exact) mass is 478 g/mol. The third kappa shape index (κ3) is 4.02. The minimum Gasteiger partial charge on any atom is -0.375 e. The standard InChI is InChI=1S/C28H30N8/c1-17(30-2)35(4)21-11-13-25-26(15-21)34-27(33-25)23-16-32-24-12-8-19(14-22(23)24)18-6-9-20(10-7-18)36(5)28(29)31-3/h6-16,30,32H,1H2,2-5H3,(H2,29,31)(H,33,34). The highest BCUT2D eigenvalue weighted by Crippen LogP contribution is 2.33. The lowest BCUT2D eigenvalue weighted by atomic mass is 10.0. The number of aromatic nitrogens is 3. The zero-order chi connectivity index (χ0) is 25.4. The van der Waals surface area contributed by atoms with Crippen LogP contribution in [0.15, 0.2) is 84.3 Å². The molecule has 5 aromatic rings. The average Bonchev–Trinajstić information content (AvgIpc) is 3.54. The Kier molecular flexibility index (Phi) is 5.85. The van der Waals surface area contributed by atoms with Crippen molar-refractivity contribution >= 4 is 39.3 Å². The average molecular weight is 479 g/mol. The molecule has 0 aliphatic heterocycles. The molecule has 0 saturated heterocycles. The van der Waals surface area contributed by atoms with E-state index in [2.05, 4.69) is 63.3 Å². The molecule has 36 heavy (non-hydrogen) atoms. The van der Waals surface area contributed by atoms with E-state index in [9.17, 15) is 0 Å². The van der Waals surface area contributed by atoms with Crippen LogP contribution in [-0.2, 0) is 0 Å². The number of nitrogens with one attached hydrogen (secondary N) is 3. The van der Waals surface area contributed by atoms with E-state index in [4.69, 9.17) is 10.7 Å². The van der Waals surface area contributed by atoms with E-state index in [0.29, 0.717) is 5.96 Å². The van der Waals surface area contributed by atoms with Crippen LogP contribution in [0.2, 0.25) is 0 Å². The number of H-pyrrole nitrogens is 2. The van der Waals surface area contributed by atoms with Gasteiger partial charge in [-0.15, -0.1) is 0 Å². The van der Waals surface area contributed by atoms with Crippen molar-refractivity contribution in [1.29, 1.82) is 0 Å². The van der Waals surface area contributed by atoms with Crippen LogP contribution in [0.3, 0.4) is 0 Å². The number of benzene rings is 3. The molecule has 0 aliphatic carbocycles. The Morgan fingerprint density at radius 1 is 0.944 bits per heavy atom. The van der Waals surface area contributed by atoms with Gasteiger partial charge in [0.05, 0.1) is 16.9 Å². The van der Waals surface area contributed by atoms with Gasteiger partial charge in [-0.05, 0) is 53.6 Å². The van der Waals surface area contributed by atoms with Gasteiger partial charge in [0.1, 0.15) is 5.82 Å². The van der Waals surface area contributed by atoms with Gasteiger partial charge in [0.2, 0.25) is 0 Å². The Labute approximate surface area is 210 Å². The number of guanidine groups is 1. The summed E-state index contributed by atoms with van der Waals surface area (Å²) < 4.78 is 0. The molecule has 3 aromatic carbocycles. The summed E-state index contributed by atoms with van der Waals surface area (Å²) in [5.74, 6) is 2.12. The zero-order valence-corrected chi connectivity index (χ0v) is 20.9. The van der Waals surface area contributed by atoms with Gasteiger partial charge in [0.15, 0.2) is 5.96 Å². The Balaban J connectivity index is 1.50. The van der Waals surface area contributed by atoms with Crippen molar-refractivity contribution < 1.29 is 0 Å². The van der Waals surface area contributed by atoms with Crippen molar-refractivity contribution in [2.24, 2.45) is 10.7 Å². The minimum atomic E-state index is 0.470. The first-order valence-electron chi connectivity index (χ1n) is 11.7. The van der Waals surface area contributed by atoms with Gasteiger partial charge < -0.3 is 30.8 Å². The van der Waals surface area contributed by atoms with Crippen LogP contribution >= 0.6 is 0 Å². The second-order valence-electron chi connectivity index (χ2n) is 8.69. The minimum absolute atomic E-state index is 0.470. The Morgan fingerprint density at radius 2 is 1.67 bits per heavy atom. The van der Waals surface area contributed by atoms with Gasteiger partial charge in [0, 0.05) is 62.2 Å². The first-order chi connectivity index (χ1) is 17.4. The van der Waals surface area contributed by atoms with Gasteiger partial charge in [-0.3, -0.25) is 4.99 Å². The summed E-state index contributed by atoms with van der Waals surface area (Å²) in [5.41, 5.74) is 14.2. The Bertz CT molecular complexity index is 1590. The number of nitrogens with two attached hydrogens (primary N) is 1. The highest BCUT2D eigenvalue weighted by Gasteiger charge is 2.14. The van der Waals surface area contributed by atoms with Crippen molar-refractivity contribution in [3.05, 3.63) is 79.3 Å². The molecule has 8 heteroatoms. The molecule has 0 saturated carbocycles. The molecule has 2 heterocycles. The normalized spacial score (nSPS) is 11.7. The number of anilines is 2. The molecule has 2 aromatic heterocycles. The Morgan fingerprint density at radius 3 is 2.39 bits per heavy atom. The van der Waals surface area contributed by atoms with Crippen LogP contribution in [-0.4, -0.2) is 49.1 Å². The zero-order valence-electron chi connectivity index (χ0n) is 20.9. The Hall–Kier alpha value is -4.72. The lowest BCUT2D eigenvalue weighted by Gasteiger charge is -2.21. The van der Waals surface area contributed by atoms with E-state index < -0.39 is 0 Å². The molecule has 5 rings (SSSR count). The van der Waals surface area contributed by atoms with Gasteiger partial charge >= 0.3 is 0 Å². The molecule has 8 nitrogen and oxygen atoms in total. The van der Waals surface area contributed by atoms with Gasteiger partial charge in [-0.25, -0.2) is 4.98 Å². The number of rotatable bonds is 6. The third-order valence-electron chi connectivity index (χ3n) is 6.64. The molecule has 0 unspecified atom stereocenters. The predicted octanol–water partition coefficient (Wildman–Crippen LogP) is 4.89. The summed E-state index contributed by atoms with van der Waals surface area (Å²) in [5, 5.41) is 4.19. The fourth-order valence-corrected chi connectivity index (χ4v) is 4.31. The summed E-state index contributed by atoms with van der Waals surface area (Å²) in [6, 6.07) is 20.9. The number of imidazole rings is 1. The molecule has 0 spiro atoms. The van der Waals surface area contributed by atoms with Gasteiger partial charge in [-0.2, -0.15) is 0 Å².